The fraction of sp³-hybridized carbons (Fsp3) is 0.680. The number of carbonyl (C=O) groups is 2. The summed E-state index contributed by atoms with van der Waals surface area (Å²) in [6.45, 7) is 14.8. The molecule has 1 atom stereocenters. The monoisotopic (exact) mass is 487 g/mol. The number of halogens is 3. The second-order valence-electron chi connectivity index (χ2n) is 10.7. The zero-order valence-electron chi connectivity index (χ0n) is 21.1. The Morgan fingerprint density at radius 3 is 2.03 bits per heavy atom. The van der Waals surface area contributed by atoms with Crippen LogP contribution in [0, 0.1) is 0 Å². The fourth-order valence-electron chi connectivity index (χ4n) is 3.18. The number of carbonyl (C=O) groups excluding carboxylic acids is 2. The molecule has 1 aromatic rings. The van der Waals surface area contributed by atoms with Crippen molar-refractivity contribution in [2.75, 3.05) is 6.61 Å². The van der Waals surface area contributed by atoms with Crippen molar-refractivity contribution in [1.29, 1.82) is 0 Å². The molecule has 33 heavy (non-hydrogen) atoms. The summed E-state index contributed by atoms with van der Waals surface area (Å²) >= 11 is 0. The summed E-state index contributed by atoms with van der Waals surface area (Å²) in [4.78, 5) is 24.1. The molecule has 0 aromatic heterocycles. The van der Waals surface area contributed by atoms with E-state index in [1.807, 2.05) is 19.1 Å². The largest absolute Gasteiger partial charge is 0.414 e. The molecule has 0 radical (unpaired) electrons. The van der Waals surface area contributed by atoms with Gasteiger partial charge in [-0.1, -0.05) is 45.0 Å². The first-order valence-corrected chi connectivity index (χ1v) is 14.5. The number of alkyl halides is 3. The van der Waals surface area contributed by atoms with Crippen molar-refractivity contribution in [3.8, 4) is 0 Å². The average molecular weight is 488 g/mol. The average Bonchev–Trinajstić information content (AvgIpc) is 2.66. The van der Waals surface area contributed by atoms with Crippen molar-refractivity contribution in [1.82, 2.24) is 5.32 Å². The fourth-order valence-corrected chi connectivity index (χ4v) is 4.30. The van der Waals surface area contributed by atoms with Gasteiger partial charge in [-0.25, -0.2) is 0 Å². The summed E-state index contributed by atoms with van der Waals surface area (Å²) in [5, 5.41) is 3.11. The van der Waals surface area contributed by atoms with E-state index in [4.69, 9.17) is 4.43 Å². The lowest BCUT2D eigenvalue weighted by Gasteiger charge is -2.40. The summed E-state index contributed by atoms with van der Waals surface area (Å²) in [6.07, 6.45) is -3.36. The molecule has 0 fully saturated rings. The molecular formula is C25H40F3NO3Si. The van der Waals surface area contributed by atoms with E-state index in [2.05, 4.69) is 39.2 Å². The lowest BCUT2D eigenvalue weighted by atomic mass is 9.93. The van der Waals surface area contributed by atoms with Crippen LogP contribution in [-0.2, 0) is 15.6 Å². The van der Waals surface area contributed by atoms with Crippen LogP contribution in [0.1, 0.15) is 82.6 Å². The van der Waals surface area contributed by atoms with Gasteiger partial charge in [-0.05, 0) is 56.3 Å². The highest BCUT2D eigenvalue weighted by atomic mass is 28.4. The van der Waals surface area contributed by atoms with E-state index in [0.717, 1.165) is 5.56 Å². The second kappa shape index (κ2) is 11.6. The second-order valence-corrected chi connectivity index (χ2v) is 15.5. The van der Waals surface area contributed by atoms with Gasteiger partial charge in [-0.3, -0.25) is 9.59 Å². The van der Waals surface area contributed by atoms with E-state index in [0.29, 0.717) is 25.0 Å². The number of amides is 1. The van der Waals surface area contributed by atoms with Crippen LogP contribution in [0.4, 0.5) is 13.2 Å². The number of unbranched alkanes of at least 4 members (excludes halogenated alkanes) is 1. The number of ketones is 1. The molecule has 0 aliphatic rings. The van der Waals surface area contributed by atoms with Gasteiger partial charge in [0, 0.05) is 25.3 Å². The molecule has 0 bridgehead atoms. The highest BCUT2D eigenvalue weighted by Gasteiger charge is 2.39. The molecule has 0 unspecified atom stereocenters. The number of hydrogen-bond acceptors (Lipinski definition) is 3. The normalized spacial score (nSPS) is 14.6. The maximum Gasteiger partial charge on any atom is 0.389 e. The molecule has 0 aliphatic carbocycles. The quantitative estimate of drug-likeness (QED) is 0.199. The summed E-state index contributed by atoms with van der Waals surface area (Å²) in [5.74, 6) is -0.252. The van der Waals surface area contributed by atoms with Crippen LogP contribution in [0.2, 0.25) is 18.1 Å². The molecule has 1 rings (SSSR count). The Bertz CT molecular complexity index is 786. The minimum atomic E-state index is -4.17. The Morgan fingerprint density at radius 1 is 0.970 bits per heavy atom. The Morgan fingerprint density at radius 2 is 1.55 bits per heavy atom. The van der Waals surface area contributed by atoms with Gasteiger partial charge in [-0.2, -0.15) is 13.2 Å². The molecule has 1 aromatic carbocycles. The molecule has 4 nitrogen and oxygen atoms in total. The Kier molecular flexibility index (Phi) is 10.4. The summed E-state index contributed by atoms with van der Waals surface area (Å²) in [6, 6.07) is 7.18. The van der Waals surface area contributed by atoms with Crippen molar-refractivity contribution < 1.29 is 27.2 Å². The number of aryl methyl sites for hydroxylation is 1. The number of rotatable bonds is 12. The third kappa shape index (κ3) is 10.9. The van der Waals surface area contributed by atoms with Gasteiger partial charge in [0.25, 0.3) is 0 Å². The van der Waals surface area contributed by atoms with Crippen molar-refractivity contribution in [2.45, 2.75) is 103 Å². The third-order valence-electron chi connectivity index (χ3n) is 6.39. The van der Waals surface area contributed by atoms with E-state index in [1.165, 1.54) is 6.92 Å². The predicted molar refractivity (Wildman–Crippen MR) is 129 cm³/mol. The van der Waals surface area contributed by atoms with Crippen molar-refractivity contribution in [3.63, 3.8) is 0 Å². The van der Waals surface area contributed by atoms with Gasteiger partial charge in [0.1, 0.15) is 0 Å². The molecule has 8 heteroatoms. The van der Waals surface area contributed by atoms with Crippen molar-refractivity contribution in [3.05, 3.63) is 35.4 Å². The van der Waals surface area contributed by atoms with Crippen LogP contribution in [0.15, 0.2) is 24.3 Å². The standard InChI is InChI=1S/C25H40F3NO3Si/c1-19(30)29-24(5,18-32-33(6,7)23(2,3)4)17-15-20-11-13-21(14-12-20)22(31)10-8-9-16-25(26,27)28/h11-14H,8-10,15-18H2,1-7H3,(H,29,30)/t24-/m1/s1. The minimum absolute atomic E-state index is 0.0357. The first kappa shape index (κ1) is 29.4. The van der Waals surface area contributed by atoms with E-state index >= 15 is 0 Å². The van der Waals surface area contributed by atoms with Gasteiger partial charge in [0.2, 0.25) is 5.91 Å². The molecule has 188 valence electrons. The number of benzene rings is 1. The highest BCUT2D eigenvalue weighted by Crippen LogP contribution is 2.37. The zero-order chi connectivity index (χ0) is 25.5. The van der Waals surface area contributed by atoms with Crippen LogP contribution in [0.5, 0.6) is 0 Å². The highest BCUT2D eigenvalue weighted by molar-refractivity contribution is 6.74. The Labute approximate surface area is 197 Å². The first-order valence-electron chi connectivity index (χ1n) is 11.6. The first-order chi connectivity index (χ1) is 14.9. The Hall–Kier alpha value is -1.67. The lowest BCUT2D eigenvalue weighted by Crippen LogP contribution is -2.53. The minimum Gasteiger partial charge on any atom is -0.414 e. The molecule has 0 heterocycles. The summed E-state index contributed by atoms with van der Waals surface area (Å²) in [5.41, 5.74) is 1.01. The number of nitrogens with one attached hydrogen (secondary N) is 1. The van der Waals surface area contributed by atoms with Crippen molar-refractivity contribution in [2.24, 2.45) is 0 Å². The Balaban J connectivity index is 2.69. The molecule has 0 saturated heterocycles. The van der Waals surface area contributed by atoms with Crippen molar-refractivity contribution >= 4 is 20.0 Å². The van der Waals surface area contributed by atoms with E-state index in [1.54, 1.807) is 12.1 Å². The number of Topliss-reactive ketones (excluding diaryl/α,β-unsaturated/α-hetero) is 1. The van der Waals surface area contributed by atoms with Gasteiger partial charge < -0.3 is 9.74 Å². The van der Waals surface area contributed by atoms with Crippen LogP contribution >= 0.6 is 0 Å². The smallest absolute Gasteiger partial charge is 0.389 e. The van der Waals surface area contributed by atoms with Gasteiger partial charge >= 0.3 is 6.18 Å². The zero-order valence-corrected chi connectivity index (χ0v) is 22.1. The molecule has 0 saturated carbocycles. The maximum absolute atomic E-state index is 12.2. The topological polar surface area (TPSA) is 55.4 Å². The van der Waals surface area contributed by atoms with E-state index in [-0.39, 0.29) is 36.0 Å². The predicted octanol–water partition coefficient (Wildman–Crippen LogP) is 6.84. The van der Waals surface area contributed by atoms with Gasteiger partial charge in [0.05, 0.1) is 12.1 Å². The van der Waals surface area contributed by atoms with E-state index < -0.39 is 26.5 Å². The van der Waals surface area contributed by atoms with Crippen LogP contribution in [0.25, 0.3) is 0 Å². The third-order valence-corrected chi connectivity index (χ3v) is 10.9. The maximum atomic E-state index is 12.2. The van der Waals surface area contributed by atoms with Crippen LogP contribution < -0.4 is 5.32 Å². The molecule has 1 N–H and O–H groups in total. The van der Waals surface area contributed by atoms with Crippen LogP contribution in [0.3, 0.4) is 0 Å². The molecule has 0 spiro atoms. The molecular weight excluding hydrogens is 447 g/mol. The SMILES string of the molecule is CC(=O)N[C@](C)(CCc1ccc(C(=O)CCCCC(F)(F)F)cc1)CO[Si](C)(C)C(C)(C)C. The lowest BCUT2D eigenvalue weighted by molar-refractivity contribution is -0.135. The summed E-state index contributed by atoms with van der Waals surface area (Å²) in [7, 11) is -1.97. The molecule has 1 amide bonds. The number of hydrogen-bond donors (Lipinski definition) is 1. The molecule has 0 aliphatic heterocycles. The summed E-state index contributed by atoms with van der Waals surface area (Å²) < 4.78 is 43.0. The van der Waals surface area contributed by atoms with Gasteiger partial charge in [0.15, 0.2) is 14.1 Å². The van der Waals surface area contributed by atoms with Crippen LogP contribution in [-0.4, -0.2) is 38.3 Å². The van der Waals surface area contributed by atoms with Gasteiger partial charge in [-0.15, -0.1) is 0 Å². The van der Waals surface area contributed by atoms with E-state index in [9.17, 15) is 22.8 Å².